The van der Waals surface area contributed by atoms with E-state index in [0.717, 1.165) is 0 Å². The summed E-state index contributed by atoms with van der Waals surface area (Å²) in [5.41, 5.74) is 1.26. The molecule has 2 aliphatic carbocycles. The van der Waals surface area contributed by atoms with Crippen LogP contribution in [0.1, 0.15) is 36.0 Å². The third-order valence-corrected chi connectivity index (χ3v) is 4.49. The van der Waals surface area contributed by atoms with E-state index in [9.17, 15) is 4.79 Å². The van der Waals surface area contributed by atoms with Crippen LogP contribution in [0.15, 0.2) is 24.7 Å². The van der Waals surface area contributed by atoms with E-state index in [1.165, 1.54) is 25.7 Å². The van der Waals surface area contributed by atoms with E-state index in [1.54, 1.807) is 16.9 Å². The number of carbonyl (C=O) groups excluding carboxylic acids is 1. The highest BCUT2D eigenvalue weighted by Gasteiger charge is 2.45. The molecule has 0 radical (unpaired) electrons. The molecular formula is C15H18N4O. The smallest absolute Gasteiger partial charge is 0.259 e. The van der Waals surface area contributed by atoms with Crippen LogP contribution in [-0.4, -0.2) is 38.5 Å². The Balaban J connectivity index is 1.65. The van der Waals surface area contributed by atoms with Crippen molar-refractivity contribution in [1.29, 1.82) is 0 Å². The molecule has 2 aromatic heterocycles. The van der Waals surface area contributed by atoms with E-state index in [-0.39, 0.29) is 5.91 Å². The van der Waals surface area contributed by atoms with Gasteiger partial charge in [-0.2, -0.15) is 5.10 Å². The largest absolute Gasteiger partial charge is 0.338 e. The molecule has 2 aromatic rings. The Labute approximate surface area is 117 Å². The first-order valence-electron chi connectivity index (χ1n) is 7.31. The lowest BCUT2D eigenvalue weighted by Crippen LogP contribution is -2.40. The molecule has 0 bridgehead atoms. The molecule has 2 heterocycles. The van der Waals surface area contributed by atoms with Gasteiger partial charge in [-0.25, -0.2) is 9.50 Å². The van der Waals surface area contributed by atoms with Crippen molar-refractivity contribution in [1.82, 2.24) is 19.5 Å². The van der Waals surface area contributed by atoms with Gasteiger partial charge in [-0.3, -0.25) is 4.79 Å². The van der Waals surface area contributed by atoms with Crippen LogP contribution in [0.4, 0.5) is 0 Å². The molecule has 2 fully saturated rings. The second kappa shape index (κ2) is 4.30. The number of hydrogen-bond acceptors (Lipinski definition) is 3. The van der Waals surface area contributed by atoms with Crippen LogP contribution in [0, 0.1) is 11.8 Å². The first kappa shape index (κ1) is 11.9. The number of nitrogens with zero attached hydrogens (tertiary/aromatic N) is 4. The Morgan fingerprint density at radius 2 is 2.05 bits per heavy atom. The van der Waals surface area contributed by atoms with Crippen LogP contribution in [0.2, 0.25) is 0 Å². The zero-order chi connectivity index (χ0) is 13.7. The normalized spacial score (nSPS) is 18.7. The lowest BCUT2D eigenvalue weighted by Gasteiger charge is -2.28. The molecule has 0 aromatic carbocycles. The van der Waals surface area contributed by atoms with Gasteiger partial charge in [-0.15, -0.1) is 0 Å². The van der Waals surface area contributed by atoms with Gasteiger partial charge in [-0.05, 0) is 43.6 Å². The summed E-state index contributed by atoms with van der Waals surface area (Å²) in [5, 5.41) is 4.21. The van der Waals surface area contributed by atoms with E-state index in [2.05, 4.69) is 10.1 Å². The lowest BCUT2D eigenvalue weighted by atomic mass is 10.1. The predicted octanol–water partition coefficient (Wildman–Crippen LogP) is 1.99. The van der Waals surface area contributed by atoms with Gasteiger partial charge < -0.3 is 4.90 Å². The second-order valence-corrected chi connectivity index (χ2v) is 6.03. The molecule has 5 heteroatoms. The fourth-order valence-electron chi connectivity index (χ4n) is 3.20. The summed E-state index contributed by atoms with van der Waals surface area (Å²) in [6.45, 7) is 0. The molecule has 0 spiro atoms. The van der Waals surface area contributed by atoms with Gasteiger partial charge >= 0.3 is 0 Å². The molecule has 0 atom stereocenters. The number of carbonyl (C=O) groups is 1. The van der Waals surface area contributed by atoms with E-state index in [4.69, 9.17) is 0 Å². The maximum Gasteiger partial charge on any atom is 0.259 e. The molecule has 2 aliphatic rings. The van der Waals surface area contributed by atoms with Gasteiger partial charge in [0.1, 0.15) is 5.56 Å². The molecular weight excluding hydrogens is 252 g/mol. The van der Waals surface area contributed by atoms with Crippen LogP contribution < -0.4 is 0 Å². The summed E-state index contributed by atoms with van der Waals surface area (Å²) in [5.74, 6) is 1.49. The van der Waals surface area contributed by atoms with Gasteiger partial charge in [-0.1, -0.05) is 0 Å². The van der Waals surface area contributed by atoms with Crippen LogP contribution >= 0.6 is 0 Å². The zero-order valence-electron chi connectivity index (χ0n) is 11.6. The van der Waals surface area contributed by atoms with Crippen LogP contribution in [0.3, 0.4) is 0 Å². The standard InChI is InChI=1S/C15H18N4O/c1-18(13(10-3-4-10)11-5-6-11)15(20)12-9-17-19-8-2-7-16-14(12)19/h2,7-11,13H,3-6H2,1H3. The van der Waals surface area contributed by atoms with Gasteiger partial charge in [0, 0.05) is 25.5 Å². The number of rotatable bonds is 4. The Bertz CT molecular complexity index is 645. The highest BCUT2D eigenvalue weighted by molar-refractivity contribution is 5.99. The molecule has 5 nitrogen and oxygen atoms in total. The molecule has 4 rings (SSSR count). The van der Waals surface area contributed by atoms with E-state index >= 15 is 0 Å². The summed E-state index contributed by atoms with van der Waals surface area (Å²) in [6, 6.07) is 2.23. The Kier molecular flexibility index (Phi) is 2.55. The van der Waals surface area contributed by atoms with Gasteiger partial charge in [0.15, 0.2) is 5.65 Å². The van der Waals surface area contributed by atoms with E-state index < -0.39 is 0 Å². The fourth-order valence-corrected chi connectivity index (χ4v) is 3.20. The average molecular weight is 270 g/mol. The molecule has 104 valence electrons. The summed E-state index contributed by atoms with van der Waals surface area (Å²) >= 11 is 0. The molecule has 20 heavy (non-hydrogen) atoms. The number of hydrogen-bond donors (Lipinski definition) is 0. The number of fused-ring (bicyclic) bond motifs is 1. The van der Waals surface area contributed by atoms with Crippen LogP contribution in [-0.2, 0) is 0 Å². The highest BCUT2D eigenvalue weighted by atomic mass is 16.2. The monoisotopic (exact) mass is 270 g/mol. The van der Waals surface area contributed by atoms with Gasteiger partial charge in [0.2, 0.25) is 0 Å². The summed E-state index contributed by atoms with van der Waals surface area (Å²) in [6.07, 6.45) is 10.2. The van der Waals surface area contributed by atoms with E-state index in [0.29, 0.717) is 29.1 Å². The summed E-state index contributed by atoms with van der Waals surface area (Å²) in [7, 11) is 1.94. The average Bonchev–Trinajstić information content (AvgIpc) is 3.38. The topological polar surface area (TPSA) is 50.5 Å². The van der Waals surface area contributed by atoms with Crippen LogP contribution in [0.5, 0.6) is 0 Å². The molecule has 2 saturated carbocycles. The van der Waals surface area contributed by atoms with Crippen molar-refractivity contribution in [3.63, 3.8) is 0 Å². The SMILES string of the molecule is CN(C(=O)c1cnn2cccnc12)C(C1CC1)C1CC1. The minimum Gasteiger partial charge on any atom is -0.338 e. The highest BCUT2D eigenvalue weighted by Crippen LogP contribution is 2.47. The first-order chi connectivity index (χ1) is 9.75. The van der Waals surface area contributed by atoms with Crippen molar-refractivity contribution in [3.8, 4) is 0 Å². The van der Waals surface area contributed by atoms with Crippen LogP contribution in [0.25, 0.3) is 5.65 Å². The second-order valence-electron chi connectivity index (χ2n) is 6.03. The summed E-state index contributed by atoms with van der Waals surface area (Å²) in [4.78, 5) is 19.0. The van der Waals surface area contributed by atoms with Crippen molar-refractivity contribution in [2.45, 2.75) is 31.7 Å². The first-order valence-corrected chi connectivity index (χ1v) is 7.31. The Morgan fingerprint density at radius 1 is 1.35 bits per heavy atom. The van der Waals surface area contributed by atoms with Crippen molar-refractivity contribution in [2.24, 2.45) is 11.8 Å². The summed E-state index contributed by atoms with van der Waals surface area (Å²) < 4.78 is 1.66. The molecule has 0 N–H and O–H groups in total. The van der Waals surface area contributed by atoms with Crippen molar-refractivity contribution < 1.29 is 4.79 Å². The van der Waals surface area contributed by atoms with Gasteiger partial charge in [0.05, 0.1) is 6.20 Å². The predicted molar refractivity (Wildman–Crippen MR) is 74.3 cm³/mol. The van der Waals surface area contributed by atoms with Crippen molar-refractivity contribution >= 4 is 11.6 Å². The molecule has 0 aliphatic heterocycles. The van der Waals surface area contributed by atoms with Gasteiger partial charge in [0.25, 0.3) is 5.91 Å². The molecule has 0 saturated heterocycles. The quantitative estimate of drug-likeness (QED) is 0.853. The van der Waals surface area contributed by atoms with E-state index in [1.807, 2.05) is 24.2 Å². The minimum absolute atomic E-state index is 0.0579. The maximum atomic E-state index is 12.8. The Morgan fingerprint density at radius 3 is 2.70 bits per heavy atom. The maximum absolute atomic E-state index is 12.8. The third kappa shape index (κ3) is 1.88. The molecule has 1 amide bonds. The molecule has 0 unspecified atom stereocenters. The zero-order valence-corrected chi connectivity index (χ0v) is 11.6. The van der Waals surface area contributed by atoms with Crippen molar-refractivity contribution in [2.75, 3.05) is 7.05 Å². The fraction of sp³-hybridized carbons (Fsp3) is 0.533. The minimum atomic E-state index is 0.0579. The third-order valence-electron chi connectivity index (χ3n) is 4.49. The van der Waals surface area contributed by atoms with Crippen molar-refractivity contribution in [3.05, 3.63) is 30.2 Å². The Hall–Kier alpha value is -1.91. The number of amides is 1. The number of aromatic nitrogens is 3. The lowest BCUT2D eigenvalue weighted by molar-refractivity contribution is 0.0691.